The number of methoxy groups -OCH3 is 1. The average molecular weight is 348 g/mol. The standard InChI is InChI=1S/C18H21NO2S2/c1-21-15-6-3-2-5-14(15)13-18(20)19-9-8-17(23-12-10-19)16-7-4-11-22-16/h2-7,11,17H,8-10,12-13H2,1H3/t17-/m0/s1. The van der Waals surface area contributed by atoms with E-state index >= 15 is 0 Å². The Balaban J connectivity index is 1.62. The monoisotopic (exact) mass is 347 g/mol. The van der Waals surface area contributed by atoms with Crippen LogP contribution in [0.15, 0.2) is 41.8 Å². The van der Waals surface area contributed by atoms with Crippen molar-refractivity contribution in [2.24, 2.45) is 0 Å². The molecule has 0 N–H and O–H groups in total. The number of carbonyl (C=O) groups is 1. The van der Waals surface area contributed by atoms with Gasteiger partial charge in [-0.15, -0.1) is 11.3 Å². The highest BCUT2D eigenvalue weighted by Gasteiger charge is 2.23. The van der Waals surface area contributed by atoms with E-state index in [2.05, 4.69) is 17.5 Å². The Morgan fingerprint density at radius 2 is 2.13 bits per heavy atom. The third-order valence-corrected chi connectivity index (χ3v) is 6.53. The first-order chi connectivity index (χ1) is 11.3. The van der Waals surface area contributed by atoms with E-state index < -0.39 is 0 Å². The number of para-hydroxylation sites is 1. The van der Waals surface area contributed by atoms with Crippen LogP contribution >= 0.6 is 23.1 Å². The fourth-order valence-electron chi connectivity index (χ4n) is 2.85. The number of benzene rings is 1. The lowest BCUT2D eigenvalue weighted by Crippen LogP contribution is -2.34. The van der Waals surface area contributed by atoms with Crippen LogP contribution in [0.5, 0.6) is 5.75 Å². The number of carbonyl (C=O) groups excluding carboxylic acids is 1. The molecule has 1 aliphatic rings. The number of thiophene rings is 1. The molecule has 1 amide bonds. The van der Waals surface area contributed by atoms with Crippen LogP contribution in [-0.4, -0.2) is 36.8 Å². The van der Waals surface area contributed by atoms with Crippen LogP contribution < -0.4 is 4.74 Å². The number of ether oxygens (including phenoxy) is 1. The molecule has 0 unspecified atom stereocenters. The molecule has 0 saturated carbocycles. The van der Waals surface area contributed by atoms with Crippen molar-refractivity contribution in [3.05, 3.63) is 52.2 Å². The molecule has 1 atom stereocenters. The van der Waals surface area contributed by atoms with Gasteiger partial charge in [0.1, 0.15) is 5.75 Å². The summed E-state index contributed by atoms with van der Waals surface area (Å²) in [6, 6.07) is 12.1. The van der Waals surface area contributed by atoms with E-state index in [4.69, 9.17) is 4.74 Å². The molecule has 0 radical (unpaired) electrons. The third kappa shape index (κ3) is 4.09. The molecule has 1 saturated heterocycles. The average Bonchev–Trinajstić information content (AvgIpc) is 3.00. The zero-order valence-corrected chi connectivity index (χ0v) is 14.9. The summed E-state index contributed by atoms with van der Waals surface area (Å²) in [7, 11) is 1.65. The SMILES string of the molecule is COc1ccccc1CC(=O)N1CCS[C@H](c2cccs2)CC1. The number of hydrogen-bond donors (Lipinski definition) is 0. The Morgan fingerprint density at radius 1 is 1.26 bits per heavy atom. The summed E-state index contributed by atoms with van der Waals surface area (Å²) >= 11 is 3.78. The number of amides is 1. The second-order valence-corrected chi connectivity index (χ2v) is 7.82. The van der Waals surface area contributed by atoms with Crippen molar-refractivity contribution in [1.29, 1.82) is 0 Å². The van der Waals surface area contributed by atoms with E-state index in [0.717, 1.165) is 36.6 Å². The molecule has 2 heterocycles. The van der Waals surface area contributed by atoms with Crippen molar-refractivity contribution < 1.29 is 9.53 Å². The lowest BCUT2D eigenvalue weighted by molar-refractivity contribution is -0.130. The maximum Gasteiger partial charge on any atom is 0.227 e. The van der Waals surface area contributed by atoms with Gasteiger partial charge in [-0.3, -0.25) is 4.79 Å². The zero-order chi connectivity index (χ0) is 16.1. The van der Waals surface area contributed by atoms with E-state index in [0.29, 0.717) is 11.7 Å². The van der Waals surface area contributed by atoms with Crippen molar-refractivity contribution in [3.8, 4) is 5.75 Å². The van der Waals surface area contributed by atoms with Gasteiger partial charge in [-0.05, 0) is 23.9 Å². The molecular weight excluding hydrogens is 326 g/mol. The Bertz CT molecular complexity index is 642. The molecule has 5 heteroatoms. The van der Waals surface area contributed by atoms with Gasteiger partial charge in [-0.2, -0.15) is 11.8 Å². The van der Waals surface area contributed by atoms with Crippen LogP contribution in [0.2, 0.25) is 0 Å². The maximum absolute atomic E-state index is 12.6. The van der Waals surface area contributed by atoms with E-state index in [1.807, 2.05) is 52.3 Å². The van der Waals surface area contributed by atoms with Crippen molar-refractivity contribution in [3.63, 3.8) is 0 Å². The van der Waals surface area contributed by atoms with Crippen molar-refractivity contribution in [1.82, 2.24) is 4.90 Å². The normalized spacial score (nSPS) is 18.5. The van der Waals surface area contributed by atoms with Gasteiger partial charge in [0.05, 0.1) is 13.5 Å². The summed E-state index contributed by atoms with van der Waals surface area (Å²) < 4.78 is 5.35. The van der Waals surface area contributed by atoms with Gasteiger partial charge in [0, 0.05) is 34.5 Å². The minimum atomic E-state index is 0.196. The molecule has 122 valence electrons. The minimum absolute atomic E-state index is 0.196. The molecule has 0 aliphatic carbocycles. The molecule has 23 heavy (non-hydrogen) atoms. The Kier molecular flexibility index (Phi) is 5.62. The van der Waals surface area contributed by atoms with Crippen LogP contribution in [0.4, 0.5) is 0 Å². The van der Waals surface area contributed by atoms with Gasteiger partial charge in [0.15, 0.2) is 0 Å². The van der Waals surface area contributed by atoms with Crippen LogP contribution in [0, 0.1) is 0 Å². The Hall–Kier alpha value is -1.46. The lowest BCUT2D eigenvalue weighted by atomic mass is 10.1. The van der Waals surface area contributed by atoms with Crippen LogP contribution in [0.1, 0.15) is 22.1 Å². The predicted octanol–water partition coefficient (Wildman–Crippen LogP) is 4.01. The first kappa shape index (κ1) is 16.4. The highest BCUT2D eigenvalue weighted by molar-refractivity contribution is 7.99. The molecule has 3 nitrogen and oxygen atoms in total. The van der Waals surface area contributed by atoms with Crippen LogP contribution in [0.3, 0.4) is 0 Å². The number of nitrogens with zero attached hydrogens (tertiary/aromatic N) is 1. The van der Waals surface area contributed by atoms with Gasteiger partial charge < -0.3 is 9.64 Å². The summed E-state index contributed by atoms with van der Waals surface area (Å²) in [5.74, 6) is 1.99. The van der Waals surface area contributed by atoms with Gasteiger partial charge in [0.25, 0.3) is 0 Å². The van der Waals surface area contributed by atoms with E-state index in [1.54, 1.807) is 7.11 Å². The molecule has 1 aromatic carbocycles. The smallest absolute Gasteiger partial charge is 0.227 e. The van der Waals surface area contributed by atoms with E-state index in [-0.39, 0.29) is 5.91 Å². The van der Waals surface area contributed by atoms with Crippen molar-refractivity contribution in [2.75, 3.05) is 26.0 Å². The minimum Gasteiger partial charge on any atom is -0.496 e. The second kappa shape index (κ2) is 7.88. The molecule has 2 aromatic rings. The predicted molar refractivity (Wildman–Crippen MR) is 97.4 cm³/mol. The Morgan fingerprint density at radius 3 is 2.91 bits per heavy atom. The van der Waals surface area contributed by atoms with E-state index in [9.17, 15) is 4.79 Å². The summed E-state index contributed by atoms with van der Waals surface area (Å²) in [6.45, 7) is 1.67. The summed E-state index contributed by atoms with van der Waals surface area (Å²) in [5, 5.41) is 2.66. The highest BCUT2D eigenvalue weighted by Crippen LogP contribution is 2.36. The highest BCUT2D eigenvalue weighted by atomic mass is 32.2. The molecular formula is C18H21NO2S2. The fourth-order valence-corrected chi connectivity index (χ4v) is 5.08. The van der Waals surface area contributed by atoms with Crippen molar-refractivity contribution in [2.45, 2.75) is 18.1 Å². The lowest BCUT2D eigenvalue weighted by Gasteiger charge is -2.21. The van der Waals surface area contributed by atoms with Gasteiger partial charge in [0.2, 0.25) is 5.91 Å². The topological polar surface area (TPSA) is 29.5 Å². The first-order valence-corrected chi connectivity index (χ1v) is 9.75. The molecule has 1 aliphatic heterocycles. The van der Waals surface area contributed by atoms with Crippen molar-refractivity contribution >= 4 is 29.0 Å². The molecule has 3 rings (SSSR count). The van der Waals surface area contributed by atoms with Crippen LogP contribution in [-0.2, 0) is 11.2 Å². The van der Waals surface area contributed by atoms with E-state index in [1.165, 1.54) is 4.88 Å². The number of hydrogen-bond acceptors (Lipinski definition) is 4. The van der Waals surface area contributed by atoms with Gasteiger partial charge in [-0.25, -0.2) is 0 Å². The molecule has 1 aromatic heterocycles. The summed E-state index contributed by atoms with van der Waals surface area (Å²) in [4.78, 5) is 16.1. The first-order valence-electron chi connectivity index (χ1n) is 7.82. The number of thioether (sulfide) groups is 1. The van der Waals surface area contributed by atoms with Gasteiger partial charge >= 0.3 is 0 Å². The molecule has 1 fully saturated rings. The van der Waals surface area contributed by atoms with Crippen LogP contribution in [0.25, 0.3) is 0 Å². The Labute approximate surface area is 145 Å². The fraction of sp³-hybridized carbons (Fsp3) is 0.389. The summed E-state index contributed by atoms with van der Waals surface area (Å²) in [6.07, 6.45) is 1.45. The zero-order valence-electron chi connectivity index (χ0n) is 13.2. The number of rotatable bonds is 4. The third-order valence-electron chi connectivity index (χ3n) is 4.09. The second-order valence-electron chi connectivity index (χ2n) is 5.53. The molecule has 0 spiro atoms. The largest absolute Gasteiger partial charge is 0.496 e. The summed E-state index contributed by atoms with van der Waals surface area (Å²) in [5.41, 5.74) is 0.965. The van der Waals surface area contributed by atoms with Gasteiger partial charge in [-0.1, -0.05) is 24.3 Å². The quantitative estimate of drug-likeness (QED) is 0.837. The molecule has 0 bridgehead atoms. The maximum atomic E-state index is 12.6.